The molecule has 0 amide bonds. The van der Waals surface area contributed by atoms with Crippen molar-refractivity contribution in [2.45, 2.75) is 0 Å². The Balaban J connectivity index is 3.39. The van der Waals surface area contributed by atoms with Gasteiger partial charge in [-0.2, -0.15) is 0 Å². The predicted molar refractivity (Wildman–Crippen MR) is 74.1 cm³/mol. The number of carbonyl (C=O) groups excluding carboxylic acids is 2. The van der Waals surface area contributed by atoms with Crippen molar-refractivity contribution in [3.8, 4) is 0 Å². The lowest BCUT2D eigenvalue weighted by Gasteiger charge is -2.13. The third kappa shape index (κ3) is 3.95. The maximum atomic E-state index is 13.9. The number of rotatable bonds is 5. The maximum absolute atomic E-state index is 13.9. The molecule has 0 bridgehead atoms. The molecule has 0 aliphatic heterocycles. The Labute approximate surface area is 129 Å². The van der Waals surface area contributed by atoms with Gasteiger partial charge in [-0.3, -0.25) is 0 Å². The van der Waals surface area contributed by atoms with Crippen LogP contribution in [0, 0.1) is 5.82 Å². The van der Waals surface area contributed by atoms with Gasteiger partial charge < -0.3 is 19.9 Å². The summed E-state index contributed by atoms with van der Waals surface area (Å²) in [6.45, 7) is 0. The average molecular weight is 332 g/mol. The fourth-order valence-corrected chi connectivity index (χ4v) is 1.69. The Morgan fingerprint density at radius 2 is 1.91 bits per heavy atom. The van der Waals surface area contributed by atoms with Crippen molar-refractivity contribution < 1.29 is 33.4 Å². The van der Waals surface area contributed by atoms with Gasteiger partial charge in [-0.1, -0.05) is 11.6 Å². The first-order chi connectivity index (χ1) is 10.3. The molecule has 0 saturated heterocycles. The summed E-state index contributed by atoms with van der Waals surface area (Å²) < 4.78 is 22.6. The summed E-state index contributed by atoms with van der Waals surface area (Å²) in [7, 11) is 2.10. The second-order valence-corrected chi connectivity index (χ2v) is 4.19. The monoisotopic (exact) mass is 331 g/mol. The SMILES string of the molecule is COC(=O)/C=C(/Nc1c(F)ccc(Cl)c1C(=O)O)C(=O)OC. The normalized spacial score (nSPS) is 10.8. The molecule has 22 heavy (non-hydrogen) atoms. The molecule has 2 N–H and O–H groups in total. The number of ether oxygens (including phenoxy) is 2. The molecule has 1 aromatic carbocycles. The molecule has 1 rings (SSSR count). The number of aromatic carboxylic acids is 1. The molecule has 0 radical (unpaired) electrons. The fraction of sp³-hybridized carbons (Fsp3) is 0.154. The number of carboxylic acid groups (broad SMARTS) is 1. The minimum Gasteiger partial charge on any atom is -0.478 e. The molecule has 7 nitrogen and oxygen atoms in total. The van der Waals surface area contributed by atoms with Gasteiger partial charge in [0, 0.05) is 0 Å². The molecule has 0 spiro atoms. The van der Waals surface area contributed by atoms with Crippen LogP contribution in [0.4, 0.5) is 10.1 Å². The van der Waals surface area contributed by atoms with E-state index in [1.807, 2.05) is 0 Å². The minimum atomic E-state index is -1.52. The number of nitrogens with one attached hydrogen (secondary N) is 1. The lowest BCUT2D eigenvalue weighted by Crippen LogP contribution is -2.18. The van der Waals surface area contributed by atoms with Crippen molar-refractivity contribution in [2.75, 3.05) is 19.5 Å². The molecule has 0 saturated carbocycles. The van der Waals surface area contributed by atoms with Gasteiger partial charge >= 0.3 is 17.9 Å². The van der Waals surface area contributed by atoms with Gasteiger partial charge in [0.25, 0.3) is 0 Å². The van der Waals surface area contributed by atoms with E-state index < -0.39 is 40.7 Å². The van der Waals surface area contributed by atoms with E-state index in [4.69, 9.17) is 16.7 Å². The van der Waals surface area contributed by atoms with Gasteiger partial charge in [-0.25, -0.2) is 18.8 Å². The van der Waals surface area contributed by atoms with E-state index in [1.165, 1.54) is 0 Å². The fourth-order valence-electron chi connectivity index (χ4n) is 1.45. The third-order valence-corrected chi connectivity index (χ3v) is 2.76. The third-order valence-electron chi connectivity index (χ3n) is 2.45. The molecule has 0 aliphatic carbocycles. The van der Waals surface area contributed by atoms with Crippen molar-refractivity contribution in [3.05, 3.63) is 40.3 Å². The number of esters is 2. The number of carbonyl (C=O) groups is 3. The highest BCUT2D eigenvalue weighted by atomic mass is 35.5. The van der Waals surface area contributed by atoms with Crippen LogP contribution in [-0.2, 0) is 19.1 Å². The van der Waals surface area contributed by atoms with E-state index in [0.29, 0.717) is 6.08 Å². The topological polar surface area (TPSA) is 102 Å². The number of methoxy groups -OCH3 is 2. The van der Waals surface area contributed by atoms with Gasteiger partial charge in [0.15, 0.2) is 0 Å². The molecule has 0 aliphatic rings. The number of anilines is 1. The smallest absolute Gasteiger partial charge is 0.354 e. The van der Waals surface area contributed by atoms with E-state index in [9.17, 15) is 18.8 Å². The molecular weight excluding hydrogens is 321 g/mol. The van der Waals surface area contributed by atoms with Crippen molar-refractivity contribution >= 4 is 35.2 Å². The van der Waals surface area contributed by atoms with Crippen molar-refractivity contribution in [1.82, 2.24) is 0 Å². The van der Waals surface area contributed by atoms with Gasteiger partial charge in [0.2, 0.25) is 0 Å². The standard InChI is InChI=1S/C13H11ClFNO6/c1-21-9(17)5-8(13(20)22-2)16-11-7(15)4-3-6(14)10(11)12(18)19/h3-5,16H,1-2H3,(H,18,19)/b8-5+. The van der Waals surface area contributed by atoms with Crippen molar-refractivity contribution in [3.63, 3.8) is 0 Å². The van der Waals surface area contributed by atoms with Crippen LogP contribution in [0.5, 0.6) is 0 Å². The zero-order valence-electron chi connectivity index (χ0n) is 11.5. The van der Waals surface area contributed by atoms with Crippen molar-refractivity contribution in [1.29, 1.82) is 0 Å². The summed E-state index contributed by atoms with van der Waals surface area (Å²) in [5.74, 6) is -4.45. The van der Waals surface area contributed by atoms with Crippen LogP contribution in [0.1, 0.15) is 10.4 Å². The second-order valence-electron chi connectivity index (χ2n) is 3.78. The lowest BCUT2D eigenvalue weighted by atomic mass is 10.1. The Morgan fingerprint density at radius 1 is 1.27 bits per heavy atom. The predicted octanol–water partition coefficient (Wildman–Crippen LogP) is 1.82. The van der Waals surface area contributed by atoms with Crippen molar-refractivity contribution in [2.24, 2.45) is 0 Å². The van der Waals surface area contributed by atoms with E-state index in [2.05, 4.69) is 14.8 Å². The van der Waals surface area contributed by atoms with E-state index in [-0.39, 0.29) is 5.02 Å². The highest BCUT2D eigenvalue weighted by Gasteiger charge is 2.22. The number of hydrogen-bond acceptors (Lipinski definition) is 6. The molecule has 0 atom stereocenters. The summed E-state index contributed by atoms with van der Waals surface area (Å²) in [6, 6.07) is 1.96. The van der Waals surface area contributed by atoms with Crippen LogP contribution >= 0.6 is 11.6 Å². The molecule has 0 unspecified atom stereocenters. The number of carboxylic acids is 1. The first kappa shape index (κ1) is 17.4. The Hall–Kier alpha value is -2.61. The van der Waals surface area contributed by atoms with Crippen LogP contribution in [0.3, 0.4) is 0 Å². The summed E-state index contributed by atoms with van der Waals surface area (Å²) in [4.78, 5) is 34.0. The quantitative estimate of drug-likeness (QED) is 0.626. The van der Waals surface area contributed by atoms with Gasteiger partial charge in [0.1, 0.15) is 17.1 Å². The Bertz CT molecular complexity index is 658. The van der Waals surface area contributed by atoms with Crippen LogP contribution in [0.15, 0.2) is 23.9 Å². The summed E-state index contributed by atoms with van der Waals surface area (Å²) >= 11 is 5.71. The van der Waals surface area contributed by atoms with E-state index >= 15 is 0 Å². The summed E-state index contributed by atoms with van der Waals surface area (Å²) in [5.41, 5.74) is -1.69. The lowest BCUT2D eigenvalue weighted by molar-refractivity contribution is -0.138. The summed E-state index contributed by atoms with van der Waals surface area (Å²) in [5, 5.41) is 11.0. The molecule has 0 heterocycles. The summed E-state index contributed by atoms with van der Waals surface area (Å²) in [6.07, 6.45) is 0.692. The van der Waals surface area contributed by atoms with E-state index in [1.54, 1.807) is 0 Å². The molecular formula is C13H11ClFNO6. The highest BCUT2D eigenvalue weighted by Crippen LogP contribution is 2.28. The largest absolute Gasteiger partial charge is 0.478 e. The van der Waals surface area contributed by atoms with Crippen LogP contribution in [-0.4, -0.2) is 37.2 Å². The van der Waals surface area contributed by atoms with Gasteiger partial charge in [-0.05, 0) is 12.1 Å². The number of halogens is 2. The molecule has 0 aromatic heterocycles. The Morgan fingerprint density at radius 3 is 2.41 bits per heavy atom. The molecule has 1 aromatic rings. The average Bonchev–Trinajstić information content (AvgIpc) is 2.48. The zero-order chi connectivity index (χ0) is 16.9. The molecule has 9 heteroatoms. The van der Waals surface area contributed by atoms with Crippen LogP contribution in [0.2, 0.25) is 5.02 Å². The zero-order valence-corrected chi connectivity index (χ0v) is 12.2. The minimum absolute atomic E-state index is 0.251. The van der Waals surface area contributed by atoms with Gasteiger partial charge in [0.05, 0.1) is 31.0 Å². The Kier molecular flexibility index (Phi) is 5.88. The van der Waals surface area contributed by atoms with E-state index in [0.717, 1.165) is 26.4 Å². The first-order valence-corrected chi connectivity index (χ1v) is 6.05. The van der Waals surface area contributed by atoms with Gasteiger partial charge in [-0.15, -0.1) is 0 Å². The highest BCUT2D eigenvalue weighted by molar-refractivity contribution is 6.34. The number of benzene rings is 1. The van der Waals surface area contributed by atoms with Crippen LogP contribution in [0.25, 0.3) is 0 Å². The van der Waals surface area contributed by atoms with Crippen LogP contribution < -0.4 is 5.32 Å². The molecule has 118 valence electrons. The number of hydrogen-bond donors (Lipinski definition) is 2. The molecule has 0 fully saturated rings. The maximum Gasteiger partial charge on any atom is 0.354 e. The second kappa shape index (κ2) is 7.41. The first-order valence-electron chi connectivity index (χ1n) is 5.68.